The number of carbonyl (C=O) groups excluding carboxylic acids is 1. The van der Waals surface area contributed by atoms with Crippen LogP contribution >= 0.6 is 22.9 Å². The minimum absolute atomic E-state index is 0.255. The standard InChI is InChI=1S/C24H17ClN4OS/c1-15-11-12-17(25)22-21(15)28-24(31-22)29(14-16-7-3-2-4-8-16)23(30)20-13-26-18-9-5-6-10-19(18)27-20/h2-13H,14H2,1H3. The zero-order valence-electron chi connectivity index (χ0n) is 16.6. The molecule has 0 bridgehead atoms. The topological polar surface area (TPSA) is 59.0 Å². The molecule has 0 aliphatic rings. The molecule has 0 atom stereocenters. The van der Waals surface area contributed by atoms with E-state index in [1.807, 2.05) is 73.7 Å². The van der Waals surface area contributed by atoms with E-state index in [0.717, 1.165) is 26.9 Å². The van der Waals surface area contributed by atoms with E-state index in [1.54, 1.807) is 4.90 Å². The molecule has 0 fully saturated rings. The Morgan fingerprint density at radius 1 is 0.968 bits per heavy atom. The molecule has 0 aliphatic carbocycles. The lowest BCUT2D eigenvalue weighted by atomic mass is 10.2. The van der Waals surface area contributed by atoms with Crippen molar-refractivity contribution in [3.63, 3.8) is 0 Å². The summed E-state index contributed by atoms with van der Waals surface area (Å²) in [4.78, 5) is 29.0. The molecule has 2 heterocycles. The molecule has 0 N–H and O–H groups in total. The average molecular weight is 445 g/mol. The van der Waals surface area contributed by atoms with Crippen molar-refractivity contribution in [1.82, 2.24) is 15.0 Å². The van der Waals surface area contributed by atoms with Crippen LogP contribution in [0.3, 0.4) is 0 Å². The molecule has 3 aromatic carbocycles. The molecule has 152 valence electrons. The van der Waals surface area contributed by atoms with Crippen molar-refractivity contribution in [3.8, 4) is 0 Å². The highest BCUT2D eigenvalue weighted by Gasteiger charge is 2.24. The highest BCUT2D eigenvalue weighted by Crippen LogP contribution is 2.36. The summed E-state index contributed by atoms with van der Waals surface area (Å²) >= 11 is 7.82. The van der Waals surface area contributed by atoms with Gasteiger partial charge < -0.3 is 0 Å². The number of para-hydroxylation sites is 2. The van der Waals surface area contributed by atoms with Crippen molar-refractivity contribution in [2.45, 2.75) is 13.5 Å². The zero-order valence-corrected chi connectivity index (χ0v) is 18.2. The summed E-state index contributed by atoms with van der Waals surface area (Å²) < 4.78 is 0.868. The summed E-state index contributed by atoms with van der Waals surface area (Å²) in [5, 5.41) is 1.21. The summed E-state index contributed by atoms with van der Waals surface area (Å²) in [7, 11) is 0. The first-order chi connectivity index (χ1) is 15.1. The molecular weight excluding hydrogens is 428 g/mol. The van der Waals surface area contributed by atoms with Crippen molar-refractivity contribution in [2.24, 2.45) is 0 Å². The van der Waals surface area contributed by atoms with Gasteiger partial charge in [-0.3, -0.25) is 14.7 Å². The quantitative estimate of drug-likeness (QED) is 0.338. The molecule has 0 spiro atoms. The van der Waals surface area contributed by atoms with Crippen LogP contribution in [0.1, 0.15) is 21.6 Å². The zero-order chi connectivity index (χ0) is 21.4. The van der Waals surface area contributed by atoms with Crippen molar-refractivity contribution in [2.75, 3.05) is 4.90 Å². The van der Waals surface area contributed by atoms with Crippen molar-refractivity contribution < 1.29 is 4.79 Å². The Labute approximate surface area is 188 Å². The summed E-state index contributed by atoms with van der Waals surface area (Å²) in [6.45, 7) is 2.35. The van der Waals surface area contributed by atoms with Crippen LogP contribution in [-0.2, 0) is 6.54 Å². The van der Waals surface area contributed by atoms with Gasteiger partial charge in [0.05, 0.1) is 39.0 Å². The van der Waals surface area contributed by atoms with Gasteiger partial charge in [0.2, 0.25) is 0 Å². The van der Waals surface area contributed by atoms with Gasteiger partial charge in [-0.15, -0.1) is 0 Å². The van der Waals surface area contributed by atoms with Crippen molar-refractivity contribution in [1.29, 1.82) is 0 Å². The van der Waals surface area contributed by atoms with E-state index >= 15 is 0 Å². The van der Waals surface area contributed by atoms with Crippen LogP contribution in [-0.4, -0.2) is 20.9 Å². The fraction of sp³-hybridized carbons (Fsp3) is 0.0833. The van der Waals surface area contributed by atoms with Gasteiger partial charge >= 0.3 is 0 Å². The number of nitrogens with zero attached hydrogens (tertiary/aromatic N) is 4. The summed E-state index contributed by atoms with van der Waals surface area (Å²) in [6, 6.07) is 21.1. The second-order valence-corrected chi connectivity index (χ2v) is 8.54. The number of amides is 1. The van der Waals surface area contributed by atoms with Gasteiger partial charge in [0.25, 0.3) is 5.91 Å². The predicted molar refractivity (Wildman–Crippen MR) is 126 cm³/mol. The lowest BCUT2D eigenvalue weighted by Gasteiger charge is -2.19. The van der Waals surface area contributed by atoms with Gasteiger partial charge in [0.1, 0.15) is 5.69 Å². The Hall–Kier alpha value is -3.35. The second kappa shape index (κ2) is 8.06. The highest BCUT2D eigenvalue weighted by atomic mass is 35.5. The van der Waals surface area contributed by atoms with Crippen LogP contribution in [0.25, 0.3) is 21.3 Å². The van der Waals surface area contributed by atoms with E-state index in [1.165, 1.54) is 17.5 Å². The molecule has 5 rings (SSSR count). The Morgan fingerprint density at radius 2 is 1.71 bits per heavy atom. The fourth-order valence-electron chi connectivity index (χ4n) is 3.40. The van der Waals surface area contributed by atoms with Gasteiger partial charge in [0, 0.05) is 0 Å². The molecule has 5 aromatic rings. The van der Waals surface area contributed by atoms with Gasteiger partial charge in [-0.25, -0.2) is 9.97 Å². The van der Waals surface area contributed by atoms with E-state index in [9.17, 15) is 4.79 Å². The lowest BCUT2D eigenvalue weighted by molar-refractivity contribution is 0.0980. The molecule has 0 aliphatic heterocycles. The minimum Gasteiger partial charge on any atom is -0.278 e. The third-order valence-corrected chi connectivity index (χ3v) is 6.55. The molecule has 0 radical (unpaired) electrons. The molecule has 5 nitrogen and oxygen atoms in total. The number of hydrogen-bond donors (Lipinski definition) is 0. The number of rotatable bonds is 4. The Bertz CT molecular complexity index is 1380. The van der Waals surface area contributed by atoms with Crippen LogP contribution in [0, 0.1) is 6.92 Å². The molecular formula is C24H17ClN4OS. The van der Waals surface area contributed by atoms with Gasteiger partial charge in [-0.05, 0) is 36.2 Å². The third kappa shape index (κ3) is 3.76. The van der Waals surface area contributed by atoms with E-state index < -0.39 is 0 Å². The fourth-order valence-corrected chi connectivity index (χ4v) is 4.71. The normalized spacial score (nSPS) is 11.2. The molecule has 31 heavy (non-hydrogen) atoms. The van der Waals surface area contributed by atoms with Gasteiger partial charge in [-0.2, -0.15) is 0 Å². The molecule has 2 aromatic heterocycles. The number of fused-ring (bicyclic) bond motifs is 2. The Kier molecular flexibility index (Phi) is 5.10. The second-order valence-electron chi connectivity index (χ2n) is 7.16. The van der Waals surface area contributed by atoms with Crippen molar-refractivity contribution in [3.05, 3.63) is 94.8 Å². The molecule has 0 saturated heterocycles. The third-order valence-electron chi connectivity index (χ3n) is 5.01. The number of hydrogen-bond acceptors (Lipinski definition) is 5. The smallest absolute Gasteiger partial charge is 0.278 e. The van der Waals surface area contributed by atoms with Gasteiger partial charge in [0.15, 0.2) is 5.13 Å². The largest absolute Gasteiger partial charge is 0.280 e. The number of anilines is 1. The summed E-state index contributed by atoms with van der Waals surface area (Å²) in [6.07, 6.45) is 1.52. The number of halogens is 1. The minimum atomic E-state index is -0.255. The van der Waals surface area contributed by atoms with E-state index in [0.29, 0.717) is 22.2 Å². The van der Waals surface area contributed by atoms with E-state index in [2.05, 4.69) is 9.97 Å². The maximum absolute atomic E-state index is 13.6. The number of aryl methyl sites for hydroxylation is 1. The summed E-state index contributed by atoms with van der Waals surface area (Å²) in [5.41, 5.74) is 4.51. The van der Waals surface area contributed by atoms with Crippen LogP contribution in [0.2, 0.25) is 5.02 Å². The SMILES string of the molecule is Cc1ccc(Cl)c2sc(N(Cc3ccccc3)C(=O)c3cnc4ccccc4n3)nc12. The van der Waals surface area contributed by atoms with Crippen LogP contribution in [0.15, 0.2) is 72.9 Å². The Balaban J connectivity index is 1.62. The molecule has 1 amide bonds. The first-order valence-electron chi connectivity index (χ1n) is 9.73. The van der Waals surface area contributed by atoms with Gasteiger partial charge in [-0.1, -0.05) is 71.5 Å². The average Bonchev–Trinajstić information content (AvgIpc) is 3.26. The number of carbonyl (C=O) groups is 1. The number of aromatic nitrogens is 3. The maximum atomic E-state index is 13.6. The van der Waals surface area contributed by atoms with Crippen LogP contribution in [0.5, 0.6) is 0 Å². The molecule has 0 saturated carbocycles. The first kappa shape index (κ1) is 19.6. The monoisotopic (exact) mass is 444 g/mol. The molecule has 0 unspecified atom stereocenters. The Morgan fingerprint density at radius 3 is 2.48 bits per heavy atom. The highest BCUT2D eigenvalue weighted by molar-refractivity contribution is 7.23. The number of thiazole rings is 1. The van der Waals surface area contributed by atoms with E-state index in [-0.39, 0.29) is 11.6 Å². The molecule has 7 heteroatoms. The first-order valence-corrected chi connectivity index (χ1v) is 10.9. The maximum Gasteiger partial charge on any atom is 0.280 e. The number of benzene rings is 3. The van der Waals surface area contributed by atoms with Crippen LogP contribution in [0.4, 0.5) is 5.13 Å². The predicted octanol–water partition coefficient (Wildman–Crippen LogP) is 6.05. The van der Waals surface area contributed by atoms with Crippen LogP contribution < -0.4 is 4.90 Å². The van der Waals surface area contributed by atoms with E-state index in [4.69, 9.17) is 16.6 Å². The van der Waals surface area contributed by atoms with Crippen molar-refractivity contribution >= 4 is 55.2 Å². The lowest BCUT2D eigenvalue weighted by Crippen LogP contribution is -2.31. The summed E-state index contributed by atoms with van der Waals surface area (Å²) in [5.74, 6) is -0.255.